The fourth-order valence-corrected chi connectivity index (χ4v) is 3.49. The maximum absolute atomic E-state index is 6.08. The van der Waals surface area contributed by atoms with Crippen molar-refractivity contribution in [2.75, 3.05) is 59.7 Å². The number of hydrogen-bond acceptors (Lipinski definition) is 4. The van der Waals surface area contributed by atoms with Crippen molar-refractivity contribution in [3.05, 3.63) is 34.9 Å². The van der Waals surface area contributed by atoms with Crippen LogP contribution in [0.3, 0.4) is 0 Å². The van der Waals surface area contributed by atoms with Gasteiger partial charge in [-0.25, -0.2) is 0 Å². The molecule has 0 radical (unpaired) electrons. The molecule has 1 aromatic rings. The Kier molecular flexibility index (Phi) is 8.86. The minimum absolute atomic E-state index is 0.251. The Balaban J connectivity index is 1.45. The van der Waals surface area contributed by atoms with Gasteiger partial charge < -0.3 is 20.1 Å². The highest BCUT2D eigenvalue weighted by atomic mass is 35.5. The van der Waals surface area contributed by atoms with Crippen LogP contribution in [0.5, 0.6) is 0 Å². The zero-order chi connectivity index (χ0) is 19.6. The minimum Gasteiger partial charge on any atom is -0.381 e. The van der Waals surface area contributed by atoms with Crippen LogP contribution >= 0.6 is 11.6 Å². The summed E-state index contributed by atoms with van der Waals surface area (Å²) in [5, 5.41) is 7.63. The lowest BCUT2D eigenvalue weighted by molar-refractivity contribution is 0.0170. The summed E-state index contributed by atoms with van der Waals surface area (Å²) in [6, 6.07) is 8.38. The van der Waals surface area contributed by atoms with Crippen LogP contribution in [-0.2, 0) is 9.47 Å². The Morgan fingerprint density at radius 2 is 2.00 bits per heavy atom. The van der Waals surface area contributed by atoms with E-state index in [1.54, 1.807) is 0 Å². The molecule has 0 spiro atoms. The molecule has 1 saturated carbocycles. The predicted molar refractivity (Wildman–Crippen MR) is 114 cm³/mol. The average Bonchev–Trinajstić information content (AvgIpc) is 3.55. The van der Waals surface area contributed by atoms with Crippen molar-refractivity contribution in [1.82, 2.24) is 15.5 Å². The molecular weight excluding hydrogens is 376 g/mol. The van der Waals surface area contributed by atoms with Crippen molar-refractivity contribution >= 4 is 17.6 Å². The predicted octanol–water partition coefficient (Wildman–Crippen LogP) is 2.70. The Bertz CT molecular complexity index is 601. The SMILES string of the molecule is CN=C(NCCCOCC1CC1)NCC(c1ccc(Cl)cc1)N1CCOCC1. The van der Waals surface area contributed by atoms with E-state index in [1.165, 1.54) is 18.4 Å². The van der Waals surface area contributed by atoms with Crippen molar-refractivity contribution in [3.63, 3.8) is 0 Å². The molecule has 2 N–H and O–H groups in total. The minimum atomic E-state index is 0.251. The molecular formula is C21H33ClN4O2. The van der Waals surface area contributed by atoms with E-state index in [-0.39, 0.29) is 6.04 Å². The van der Waals surface area contributed by atoms with Crippen molar-refractivity contribution in [2.45, 2.75) is 25.3 Å². The first-order chi connectivity index (χ1) is 13.8. The summed E-state index contributed by atoms with van der Waals surface area (Å²) in [6.07, 6.45) is 3.66. The average molecular weight is 409 g/mol. The smallest absolute Gasteiger partial charge is 0.191 e. The van der Waals surface area contributed by atoms with E-state index in [2.05, 4.69) is 32.7 Å². The van der Waals surface area contributed by atoms with Gasteiger partial charge in [0.2, 0.25) is 0 Å². The Labute approximate surface area is 173 Å². The third-order valence-electron chi connectivity index (χ3n) is 5.24. The van der Waals surface area contributed by atoms with Crippen LogP contribution in [0.25, 0.3) is 0 Å². The number of rotatable bonds is 10. The summed E-state index contributed by atoms with van der Waals surface area (Å²) in [5.41, 5.74) is 1.25. The van der Waals surface area contributed by atoms with Crippen LogP contribution < -0.4 is 10.6 Å². The van der Waals surface area contributed by atoms with Gasteiger partial charge in [0.15, 0.2) is 5.96 Å². The molecule has 3 rings (SSSR count). The summed E-state index contributed by atoms with van der Waals surface area (Å²) in [6.45, 7) is 6.78. The highest BCUT2D eigenvalue weighted by molar-refractivity contribution is 6.30. The van der Waals surface area contributed by atoms with E-state index >= 15 is 0 Å². The van der Waals surface area contributed by atoms with Crippen LogP contribution in [0.2, 0.25) is 5.02 Å². The summed E-state index contributed by atoms with van der Waals surface area (Å²) in [5.74, 6) is 1.65. The van der Waals surface area contributed by atoms with Crippen LogP contribution in [0, 0.1) is 5.92 Å². The summed E-state index contributed by atoms with van der Waals surface area (Å²) >= 11 is 6.08. The lowest BCUT2D eigenvalue weighted by Gasteiger charge is -2.35. The Morgan fingerprint density at radius 1 is 1.25 bits per heavy atom. The zero-order valence-electron chi connectivity index (χ0n) is 16.8. The molecule has 1 heterocycles. The van der Waals surface area contributed by atoms with E-state index in [9.17, 15) is 0 Å². The number of aliphatic imine (C=N–C) groups is 1. The molecule has 0 amide bonds. The van der Waals surface area contributed by atoms with Gasteiger partial charge in [-0.1, -0.05) is 23.7 Å². The molecule has 156 valence electrons. The number of hydrogen-bond donors (Lipinski definition) is 2. The van der Waals surface area contributed by atoms with Crippen LogP contribution in [0.4, 0.5) is 0 Å². The fraction of sp³-hybridized carbons (Fsp3) is 0.667. The first kappa shape index (κ1) is 21.4. The van der Waals surface area contributed by atoms with E-state index in [0.717, 1.165) is 75.9 Å². The number of guanidine groups is 1. The van der Waals surface area contributed by atoms with Gasteiger partial charge in [0, 0.05) is 51.5 Å². The van der Waals surface area contributed by atoms with Crippen molar-refractivity contribution in [3.8, 4) is 0 Å². The van der Waals surface area contributed by atoms with Gasteiger partial charge in [-0.2, -0.15) is 0 Å². The lowest BCUT2D eigenvalue weighted by atomic mass is 10.0. The van der Waals surface area contributed by atoms with E-state index in [0.29, 0.717) is 0 Å². The van der Waals surface area contributed by atoms with Gasteiger partial charge in [-0.05, 0) is 42.9 Å². The van der Waals surface area contributed by atoms with Crippen LogP contribution in [0.15, 0.2) is 29.3 Å². The highest BCUT2D eigenvalue weighted by Crippen LogP contribution is 2.28. The van der Waals surface area contributed by atoms with Crippen LogP contribution in [-0.4, -0.2) is 70.5 Å². The number of morpholine rings is 1. The first-order valence-corrected chi connectivity index (χ1v) is 10.7. The number of benzene rings is 1. The van der Waals surface area contributed by atoms with E-state index in [1.807, 2.05) is 19.2 Å². The monoisotopic (exact) mass is 408 g/mol. The molecule has 1 aliphatic heterocycles. The quantitative estimate of drug-likeness (QED) is 0.354. The number of nitrogens with zero attached hydrogens (tertiary/aromatic N) is 2. The molecule has 28 heavy (non-hydrogen) atoms. The molecule has 1 saturated heterocycles. The maximum atomic E-state index is 6.08. The van der Waals surface area contributed by atoms with Gasteiger partial charge in [0.25, 0.3) is 0 Å². The summed E-state index contributed by atoms with van der Waals surface area (Å²) in [4.78, 5) is 6.82. The molecule has 0 bridgehead atoms. The molecule has 6 nitrogen and oxygen atoms in total. The van der Waals surface area contributed by atoms with Gasteiger partial charge in [0.1, 0.15) is 0 Å². The normalized spacial score (nSPS) is 19.4. The second-order valence-corrected chi connectivity index (χ2v) is 7.90. The zero-order valence-corrected chi connectivity index (χ0v) is 17.6. The van der Waals surface area contributed by atoms with Crippen molar-refractivity contribution < 1.29 is 9.47 Å². The first-order valence-electron chi connectivity index (χ1n) is 10.4. The molecule has 0 aromatic heterocycles. The molecule has 7 heteroatoms. The van der Waals surface area contributed by atoms with Crippen molar-refractivity contribution in [2.24, 2.45) is 10.9 Å². The molecule has 1 atom stereocenters. The van der Waals surface area contributed by atoms with E-state index in [4.69, 9.17) is 21.1 Å². The standard InChI is InChI=1S/C21H33ClN4O2/c1-23-21(24-9-2-12-28-16-17-3-4-17)25-15-20(26-10-13-27-14-11-26)18-5-7-19(22)8-6-18/h5-8,17,20H,2-4,9-16H2,1H3,(H2,23,24,25). The molecule has 1 aromatic carbocycles. The second kappa shape index (κ2) is 11.6. The third kappa shape index (κ3) is 7.24. The maximum Gasteiger partial charge on any atom is 0.191 e. The van der Waals surface area contributed by atoms with Gasteiger partial charge in [0.05, 0.1) is 19.3 Å². The van der Waals surface area contributed by atoms with Gasteiger partial charge in [-0.3, -0.25) is 9.89 Å². The Hall–Kier alpha value is -1.34. The second-order valence-electron chi connectivity index (χ2n) is 7.47. The van der Waals surface area contributed by atoms with E-state index < -0.39 is 0 Å². The number of ether oxygens (including phenoxy) is 2. The molecule has 1 aliphatic carbocycles. The number of halogens is 1. The molecule has 2 fully saturated rings. The van der Waals surface area contributed by atoms with Crippen molar-refractivity contribution in [1.29, 1.82) is 0 Å². The molecule has 2 aliphatic rings. The van der Waals surface area contributed by atoms with Gasteiger partial charge >= 0.3 is 0 Å². The lowest BCUT2D eigenvalue weighted by Crippen LogP contribution is -2.46. The third-order valence-corrected chi connectivity index (χ3v) is 5.49. The van der Waals surface area contributed by atoms with Crippen LogP contribution in [0.1, 0.15) is 30.9 Å². The Morgan fingerprint density at radius 3 is 2.68 bits per heavy atom. The highest BCUT2D eigenvalue weighted by Gasteiger charge is 2.23. The molecule has 1 unspecified atom stereocenters. The summed E-state index contributed by atoms with van der Waals surface area (Å²) < 4.78 is 11.2. The van der Waals surface area contributed by atoms with Gasteiger partial charge in [-0.15, -0.1) is 0 Å². The number of nitrogens with one attached hydrogen (secondary N) is 2. The topological polar surface area (TPSA) is 58.1 Å². The largest absolute Gasteiger partial charge is 0.381 e. The summed E-state index contributed by atoms with van der Waals surface area (Å²) in [7, 11) is 1.81. The fourth-order valence-electron chi connectivity index (χ4n) is 3.36.